The number of hydrazine groups is 1. The molecular weight excluding hydrogens is 274 g/mol. The van der Waals surface area contributed by atoms with Crippen LogP contribution >= 0.6 is 24.0 Å². The first-order valence-corrected chi connectivity index (χ1v) is 5.98. The van der Waals surface area contributed by atoms with E-state index in [0.717, 1.165) is 16.8 Å². The van der Waals surface area contributed by atoms with E-state index in [1.807, 2.05) is 0 Å². The van der Waals surface area contributed by atoms with Gasteiger partial charge in [0.1, 0.15) is 0 Å². The van der Waals surface area contributed by atoms with Gasteiger partial charge in [0.05, 0.1) is 9.83 Å². The maximum Gasteiger partial charge on any atom is 0.280 e. The van der Waals surface area contributed by atoms with Crippen molar-refractivity contribution in [2.24, 2.45) is 5.84 Å². The highest BCUT2D eigenvalue weighted by atomic mass is 32.2. The predicted octanol–water partition coefficient (Wildman–Crippen LogP) is 1.67. The number of nitrogens with zero attached hydrogens (tertiary/aromatic N) is 2. The lowest BCUT2D eigenvalue weighted by molar-refractivity contribution is -0.384. The summed E-state index contributed by atoms with van der Waals surface area (Å²) in [5, 5.41) is 11.5. The highest BCUT2D eigenvalue weighted by Gasteiger charge is 2.29. The molecule has 0 atom stereocenters. The van der Waals surface area contributed by atoms with Crippen LogP contribution in [0.3, 0.4) is 0 Å². The number of nitro benzene ring substituents is 1. The van der Waals surface area contributed by atoms with E-state index < -0.39 is 10.8 Å². The zero-order valence-electron chi connectivity index (χ0n) is 8.90. The lowest BCUT2D eigenvalue weighted by atomic mass is 10.2. The average molecular weight is 281 g/mol. The number of thioether (sulfide) groups is 1. The van der Waals surface area contributed by atoms with Gasteiger partial charge in [0.25, 0.3) is 11.6 Å². The van der Waals surface area contributed by atoms with Gasteiger partial charge in [-0.15, -0.1) is 0 Å². The fraction of sp³-hybridized carbons (Fsp3) is 0. The molecule has 1 fully saturated rings. The van der Waals surface area contributed by atoms with Gasteiger partial charge in [-0.05, 0) is 11.6 Å². The van der Waals surface area contributed by atoms with Gasteiger partial charge in [0, 0.05) is 12.1 Å². The molecule has 2 N–H and O–H groups in total. The van der Waals surface area contributed by atoms with Gasteiger partial charge in [0.2, 0.25) is 0 Å². The Morgan fingerprint density at radius 2 is 2.22 bits per heavy atom. The van der Waals surface area contributed by atoms with Crippen molar-refractivity contribution in [3.05, 3.63) is 44.8 Å². The van der Waals surface area contributed by atoms with E-state index in [4.69, 9.17) is 18.1 Å². The van der Waals surface area contributed by atoms with Crippen molar-refractivity contribution < 1.29 is 9.72 Å². The van der Waals surface area contributed by atoms with Crippen molar-refractivity contribution in [1.82, 2.24) is 5.01 Å². The van der Waals surface area contributed by atoms with Gasteiger partial charge in [-0.1, -0.05) is 36.1 Å². The summed E-state index contributed by atoms with van der Waals surface area (Å²) in [6.45, 7) is 0. The molecule has 1 aliphatic rings. The van der Waals surface area contributed by atoms with Gasteiger partial charge < -0.3 is 0 Å². The second kappa shape index (κ2) is 4.84. The van der Waals surface area contributed by atoms with Crippen molar-refractivity contribution in [2.75, 3.05) is 0 Å². The second-order valence-electron chi connectivity index (χ2n) is 3.40. The summed E-state index contributed by atoms with van der Waals surface area (Å²) in [6.07, 6.45) is 1.53. The van der Waals surface area contributed by atoms with Crippen LogP contribution in [0.25, 0.3) is 6.08 Å². The normalized spacial score (nSPS) is 17.6. The van der Waals surface area contributed by atoms with E-state index in [0.29, 0.717) is 10.5 Å². The Hall–Kier alpha value is -1.77. The Labute approximate surface area is 112 Å². The summed E-state index contributed by atoms with van der Waals surface area (Å²) in [5.74, 6) is 5.01. The van der Waals surface area contributed by atoms with Crippen molar-refractivity contribution in [3.63, 3.8) is 0 Å². The fourth-order valence-corrected chi connectivity index (χ4v) is 2.46. The quantitative estimate of drug-likeness (QED) is 0.221. The number of non-ortho nitro benzene ring substituents is 1. The molecule has 0 aromatic heterocycles. The van der Waals surface area contributed by atoms with Crippen LogP contribution in [-0.4, -0.2) is 20.2 Å². The highest BCUT2D eigenvalue weighted by molar-refractivity contribution is 8.26. The van der Waals surface area contributed by atoms with Crippen LogP contribution in [0.2, 0.25) is 0 Å². The summed E-state index contributed by atoms with van der Waals surface area (Å²) in [6, 6.07) is 5.97. The average Bonchev–Trinajstić information content (AvgIpc) is 2.57. The highest BCUT2D eigenvalue weighted by Crippen LogP contribution is 2.30. The standard InChI is InChI=1S/C10H7N3O3S2/c11-12-9(14)8(18-10(12)17)5-6-2-1-3-7(4-6)13(15)16/h1-5H,11H2/b8-5+. The Balaban J connectivity index is 2.34. The van der Waals surface area contributed by atoms with Crippen LogP contribution in [-0.2, 0) is 4.79 Å². The summed E-state index contributed by atoms with van der Waals surface area (Å²) < 4.78 is 0.261. The topological polar surface area (TPSA) is 89.5 Å². The molecule has 1 aromatic rings. The van der Waals surface area contributed by atoms with Gasteiger partial charge in [-0.2, -0.15) is 0 Å². The smallest absolute Gasteiger partial charge is 0.267 e. The maximum atomic E-state index is 11.6. The van der Waals surface area contributed by atoms with Crippen molar-refractivity contribution in [2.45, 2.75) is 0 Å². The zero-order valence-corrected chi connectivity index (χ0v) is 10.5. The molecule has 18 heavy (non-hydrogen) atoms. The number of thiocarbonyl (C=S) groups is 1. The number of nitro groups is 1. The molecule has 1 amide bonds. The molecule has 0 unspecified atom stereocenters. The minimum absolute atomic E-state index is 0.0352. The first-order valence-electron chi connectivity index (χ1n) is 4.76. The van der Waals surface area contributed by atoms with Crippen LogP contribution in [0.1, 0.15) is 5.56 Å². The SMILES string of the molecule is NN1C(=O)/C(=C\c2cccc([N+](=O)[O-])c2)SC1=S. The van der Waals surface area contributed by atoms with E-state index in [9.17, 15) is 14.9 Å². The zero-order chi connectivity index (χ0) is 13.3. The molecule has 6 nitrogen and oxygen atoms in total. The third-order valence-electron chi connectivity index (χ3n) is 2.20. The number of rotatable bonds is 2. The molecular formula is C10H7N3O3S2. The molecule has 0 saturated carbocycles. The Morgan fingerprint density at radius 1 is 1.50 bits per heavy atom. The maximum absolute atomic E-state index is 11.6. The van der Waals surface area contributed by atoms with E-state index in [1.165, 1.54) is 18.2 Å². The van der Waals surface area contributed by atoms with Crippen LogP contribution in [0.15, 0.2) is 29.2 Å². The van der Waals surface area contributed by atoms with Crippen molar-refractivity contribution >= 4 is 46.0 Å². The third kappa shape index (κ3) is 2.40. The van der Waals surface area contributed by atoms with Crippen LogP contribution in [0.4, 0.5) is 5.69 Å². The summed E-state index contributed by atoms with van der Waals surface area (Å²) in [7, 11) is 0. The first kappa shape index (κ1) is 12.7. The van der Waals surface area contributed by atoms with Crippen LogP contribution < -0.4 is 5.84 Å². The van der Waals surface area contributed by atoms with Crippen molar-refractivity contribution in [3.8, 4) is 0 Å². The number of hydrogen-bond acceptors (Lipinski definition) is 6. The molecule has 0 spiro atoms. The largest absolute Gasteiger partial charge is 0.280 e. The van der Waals surface area contributed by atoms with E-state index in [2.05, 4.69) is 0 Å². The van der Waals surface area contributed by atoms with Gasteiger partial charge in [-0.25, -0.2) is 10.9 Å². The molecule has 8 heteroatoms. The van der Waals surface area contributed by atoms with Crippen molar-refractivity contribution in [1.29, 1.82) is 0 Å². The molecule has 1 aliphatic heterocycles. The lowest BCUT2D eigenvalue weighted by Crippen LogP contribution is -2.34. The van der Waals surface area contributed by atoms with Crippen LogP contribution in [0, 0.1) is 10.1 Å². The van der Waals surface area contributed by atoms with Gasteiger partial charge in [-0.3, -0.25) is 14.9 Å². The molecule has 0 bridgehead atoms. The Morgan fingerprint density at radius 3 is 2.78 bits per heavy atom. The predicted molar refractivity (Wildman–Crippen MR) is 72.3 cm³/mol. The Kier molecular flexibility index (Phi) is 3.41. The first-order chi connectivity index (χ1) is 8.49. The number of hydrogen-bond donors (Lipinski definition) is 1. The lowest BCUT2D eigenvalue weighted by Gasteiger charge is -2.02. The van der Waals surface area contributed by atoms with E-state index in [1.54, 1.807) is 12.1 Å². The summed E-state index contributed by atoms with van der Waals surface area (Å²) >= 11 is 5.94. The number of amides is 1. The third-order valence-corrected chi connectivity index (χ3v) is 3.53. The van der Waals surface area contributed by atoms with E-state index in [-0.39, 0.29) is 10.0 Å². The number of nitrogens with two attached hydrogens (primary N) is 1. The van der Waals surface area contributed by atoms with E-state index >= 15 is 0 Å². The molecule has 92 valence electrons. The molecule has 1 aromatic carbocycles. The molecule has 1 saturated heterocycles. The number of benzene rings is 1. The summed E-state index contributed by atoms with van der Waals surface area (Å²) in [4.78, 5) is 22.1. The van der Waals surface area contributed by atoms with Gasteiger partial charge >= 0.3 is 0 Å². The molecule has 0 radical (unpaired) electrons. The molecule has 2 rings (SSSR count). The summed E-state index contributed by atoms with van der Waals surface area (Å²) in [5.41, 5.74) is 0.519. The van der Waals surface area contributed by atoms with Crippen LogP contribution in [0.5, 0.6) is 0 Å². The number of carbonyl (C=O) groups excluding carboxylic acids is 1. The van der Waals surface area contributed by atoms with Gasteiger partial charge in [0.15, 0.2) is 4.32 Å². The molecule has 1 heterocycles. The Bertz CT molecular complexity index is 585. The molecule has 0 aliphatic carbocycles. The number of carbonyl (C=O) groups is 1. The minimum atomic E-state index is -0.495. The monoisotopic (exact) mass is 281 g/mol. The minimum Gasteiger partial charge on any atom is -0.267 e. The fourth-order valence-electron chi connectivity index (χ4n) is 1.36. The second-order valence-corrected chi connectivity index (χ2v) is 5.08.